The van der Waals surface area contributed by atoms with Gasteiger partial charge < -0.3 is 9.47 Å². The number of carbonyl (C=O) groups excluding carboxylic acids is 1. The lowest BCUT2D eigenvalue weighted by Crippen LogP contribution is -2.18. The molecular weight excluding hydrogens is 554 g/mol. The number of hydrogen-bond acceptors (Lipinski definition) is 9. The Morgan fingerprint density at radius 2 is 1.63 bits per heavy atom. The number of aromatic nitrogens is 1. The molecule has 0 aliphatic rings. The Balaban J connectivity index is 1.38. The Bertz CT molecular complexity index is 1880. The number of benzene rings is 4. The first kappa shape index (κ1) is 28.4. The number of ether oxygens (including phenoxy) is 2. The molecule has 0 aliphatic heterocycles. The number of nitro benzene ring substituents is 2. The van der Waals surface area contributed by atoms with Crippen molar-refractivity contribution in [2.45, 2.75) is 6.92 Å². The molecule has 214 valence electrons. The summed E-state index contributed by atoms with van der Waals surface area (Å²) in [6.07, 6.45) is 1.42. The van der Waals surface area contributed by atoms with E-state index in [2.05, 4.69) is 10.5 Å². The molecule has 1 N–H and O–H groups in total. The van der Waals surface area contributed by atoms with E-state index < -0.39 is 27.1 Å². The summed E-state index contributed by atoms with van der Waals surface area (Å²) < 4.78 is 11.4. The molecule has 5 aromatic rings. The average molecular weight is 578 g/mol. The number of hydrazone groups is 1. The van der Waals surface area contributed by atoms with Crippen LogP contribution in [-0.4, -0.2) is 33.6 Å². The zero-order valence-electron chi connectivity index (χ0n) is 22.7. The van der Waals surface area contributed by atoms with Crippen LogP contribution in [0.4, 0.5) is 11.4 Å². The van der Waals surface area contributed by atoms with Crippen molar-refractivity contribution in [2.75, 3.05) is 6.61 Å². The maximum atomic E-state index is 13.2. The van der Waals surface area contributed by atoms with Gasteiger partial charge in [0.05, 0.1) is 45.5 Å². The fraction of sp³-hybridized carbons (Fsp3) is 0.0645. The molecule has 0 radical (unpaired) electrons. The summed E-state index contributed by atoms with van der Waals surface area (Å²) in [6.45, 7) is 2.01. The van der Waals surface area contributed by atoms with Gasteiger partial charge in [0.25, 0.3) is 11.6 Å². The van der Waals surface area contributed by atoms with Crippen LogP contribution in [0.15, 0.2) is 102 Å². The van der Waals surface area contributed by atoms with E-state index in [9.17, 15) is 25.0 Å². The Labute approximate surface area is 244 Å². The summed E-state index contributed by atoms with van der Waals surface area (Å²) in [7, 11) is 0. The van der Waals surface area contributed by atoms with Crippen molar-refractivity contribution in [3.05, 3.63) is 128 Å². The Hall–Kier alpha value is -6.17. The molecule has 0 spiro atoms. The number of nitrogens with zero attached hydrogens (tertiary/aromatic N) is 4. The molecule has 0 saturated heterocycles. The minimum Gasteiger partial charge on any atom is -0.490 e. The maximum absolute atomic E-state index is 13.2. The number of carbonyl (C=O) groups is 1. The van der Waals surface area contributed by atoms with Crippen LogP contribution >= 0.6 is 0 Å². The predicted molar refractivity (Wildman–Crippen MR) is 160 cm³/mol. The molecule has 0 aliphatic carbocycles. The van der Waals surface area contributed by atoms with Crippen LogP contribution in [0, 0.1) is 20.2 Å². The molecule has 5 rings (SSSR count). The van der Waals surface area contributed by atoms with Gasteiger partial charge in [-0.1, -0.05) is 48.5 Å². The summed E-state index contributed by atoms with van der Waals surface area (Å²) >= 11 is 0. The zero-order chi connectivity index (χ0) is 30.3. The summed E-state index contributed by atoms with van der Waals surface area (Å²) in [4.78, 5) is 39.0. The topological polar surface area (TPSA) is 159 Å². The molecule has 1 amide bonds. The largest absolute Gasteiger partial charge is 0.490 e. The monoisotopic (exact) mass is 577 g/mol. The van der Waals surface area contributed by atoms with Gasteiger partial charge in [-0.05, 0) is 48.9 Å². The van der Waals surface area contributed by atoms with Crippen molar-refractivity contribution >= 4 is 34.4 Å². The number of amides is 1. The van der Waals surface area contributed by atoms with Crippen molar-refractivity contribution in [1.82, 2.24) is 10.4 Å². The Morgan fingerprint density at radius 3 is 2.37 bits per heavy atom. The van der Waals surface area contributed by atoms with Crippen LogP contribution in [-0.2, 0) is 0 Å². The fourth-order valence-corrected chi connectivity index (χ4v) is 4.27. The summed E-state index contributed by atoms with van der Waals surface area (Å²) in [5, 5.41) is 27.3. The number of hydrogen-bond donors (Lipinski definition) is 1. The summed E-state index contributed by atoms with van der Waals surface area (Å²) in [6, 6.07) is 26.4. The number of rotatable bonds is 10. The second-order valence-electron chi connectivity index (χ2n) is 9.04. The highest BCUT2D eigenvalue weighted by molar-refractivity contribution is 6.07. The molecule has 4 aromatic carbocycles. The lowest BCUT2D eigenvalue weighted by atomic mass is 10.0. The first-order valence-corrected chi connectivity index (χ1v) is 13.0. The van der Waals surface area contributed by atoms with Gasteiger partial charge in [-0.2, -0.15) is 5.10 Å². The second kappa shape index (κ2) is 12.6. The molecular formula is C31H23N5O7. The van der Waals surface area contributed by atoms with E-state index in [1.165, 1.54) is 12.3 Å². The smallest absolute Gasteiger partial charge is 0.318 e. The highest BCUT2D eigenvalue weighted by Gasteiger charge is 2.22. The summed E-state index contributed by atoms with van der Waals surface area (Å²) in [5.41, 5.74) is 4.70. The van der Waals surface area contributed by atoms with Gasteiger partial charge in [-0.15, -0.1) is 0 Å². The number of fused-ring (bicyclic) bond motifs is 1. The third-order valence-electron chi connectivity index (χ3n) is 6.25. The molecule has 12 heteroatoms. The van der Waals surface area contributed by atoms with Gasteiger partial charge in [0, 0.05) is 17.0 Å². The van der Waals surface area contributed by atoms with E-state index in [-0.39, 0.29) is 23.9 Å². The van der Waals surface area contributed by atoms with Crippen molar-refractivity contribution < 1.29 is 24.1 Å². The molecule has 43 heavy (non-hydrogen) atoms. The van der Waals surface area contributed by atoms with Gasteiger partial charge in [-0.3, -0.25) is 25.0 Å². The first-order valence-electron chi connectivity index (χ1n) is 13.0. The predicted octanol–water partition coefficient (Wildman–Crippen LogP) is 6.67. The van der Waals surface area contributed by atoms with E-state index in [1.807, 2.05) is 54.6 Å². The van der Waals surface area contributed by atoms with Crippen LogP contribution in [0.2, 0.25) is 0 Å². The number of pyridine rings is 1. The van der Waals surface area contributed by atoms with Gasteiger partial charge in [0.15, 0.2) is 11.5 Å². The van der Waals surface area contributed by atoms with E-state index in [1.54, 1.807) is 25.1 Å². The average Bonchev–Trinajstić information content (AvgIpc) is 3.02. The SMILES string of the molecule is CCOc1cc(/C=N\NC(=O)c2cc(-c3ccccc3)nc3ccccc23)ccc1Oc1ccc([N+](=O)[O-])cc1[N+](=O)[O-]. The van der Waals surface area contributed by atoms with Crippen LogP contribution in [0.3, 0.4) is 0 Å². The van der Waals surface area contributed by atoms with Gasteiger partial charge in [0.1, 0.15) is 0 Å². The molecule has 1 aromatic heterocycles. The van der Waals surface area contributed by atoms with E-state index in [0.717, 1.165) is 23.8 Å². The third kappa shape index (κ3) is 6.43. The standard InChI is InChI=1S/C31H23N5O7/c1-2-42-30-16-20(12-14-29(30)43-28-15-13-22(35(38)39)17-27(28)36(40)41)19-32-34-31(37)24-18-26(21-8-4-3-5-9-21)33-25-11-7-6-10-23(24)25/h3-19H,2H2,1H3,(H,34,37)/b32-19-. The molecule has 0 fully saturated rings. The number of para-hydroxylation sites is 1. The molecule has 0 unspecified atom stereocenters. The van der Waals surface area contributed by atoms with Crippen LogP contribution in [0.1, 0.15) is 22.8 Å². The molecule has 12 nitrogen and oxygen atoms in total. The van der Waals surface area contributed by atoms with Crippen molar-refractivity contribution in [3.8, 4) is 28.5 Å². The normalized spacial score (nSPS) is 10.9. The fourth-order valence-electron chi connectivity index (χ4n) is 4.27. The highest BCUT2D eigenvalue weighted by Crippen LogP contribution is 2.38. The lowest BCUT2D eigenvalue weighted by Gasteiger charge is -2.12. The Kier molecular flexibility index (Phi) is 8.28. The van der Waals surface area contributed by atoms with E-state index in [0.29, 0.717) is 27.7 Å². The minimum absolute atomic E-state index is 0.150. The minimum atomic E-state index is -0.763. The third-order valence-corrected chi connectivity index (χ3v) is 6.25. The first-order chi connectivity index (χ1) is 20.8. The van der Waals surface area contributed by atoms with Crippen LogP contribution < -0.4 is 14.9 Å². The molecule has 0 saturated carbocycles. The van der Waals surface area contributed by atoms with Gasteiger partial charge in [-0.25, -0.2) is 10.4 Å². The summed E-state index contributed by atoms with van der Waals surface area (Å²) in [5.74, 6) is -0.220. The number of non-ortho nitro benzene ring substituents is 1. The van der Waals surface area contributed by atoms with Crippen LogP contribution in [0.5, 0.6) is 17.2 Å². The second-order valence-corrected chi connectivity index (χ2v) is 9.04. The molecule has 0 atom stereocenters. The van der Waals surface area contributed by atoms with Gasteiger partial charge >= 0.3 is 5.69 Å². The number of nitrogens with one attached hydrogen (secondary N) is 1. The maximum Gasteiger partial charge on any atom is 0.318 e. The van der Waals surface area contributed by atoms with Gasteiger partial charge in [0.2, 0.25) is 5.75 Å². The van der Waals surface area contributed by atoms with E-state index in [4.69, 9.17) is 14.5 Å². The molecule has 1 heterocycles. The number of nitro groups is 2. The van der Waals surface area contributed by atoms with Crippen molar-refractivity contribution in [3.63, 3.8) is 0 Å². The highest BCUT2D eigenvalue weighted by atomic mass is 16.6. The zero-order valence-corrected chi connectivity index (χ0v) is 22.7. The van der Waals surface area contributed by atoms with Crippen molar-refractivity contribution in [1.29, 1.82) is 0 Å². The van der Waals surface area contributed by atoms with E-state index >= 15 is 0 Å². The van der Waals surface area contributed by atoms with Crippen LogP contribution in [0.25, 0.3) is 22.2 Å². The Morgan fingerprint density at radius 1 is 0.884 bits per heavy atom. The van der Waals surface area contributed by atoms with Crippen molar-refractivity contribution in [2.24, 2.45) is 5.10 Å². The quantitative estimate of drug-likeness (QED) is 0.109. The molecule has 0 bridgehead atoms. The lowest BCUT2D eigenvalue weighted by molar-refractivity contribution is -0.394.